The summed E-state index contributed by atoms with van der Waals surface area (Å²) in [5, 5.41) is 1.00. The number of hydrogen-bond donors (Lipinski definition) is 0. The molecular formula is C17H21BrO3. The van der Waals surface area contributed by atoms with Crippen molar-refractivity contribution in [2.75, 3.05) is 11.9 Å². The van der Waals surface area contributed by atoms with E-state index >= 15 is 0 Å². The van der Waals surface area contributed by atoms with Gasteiger partial charge in [0.05, 0.1) is 18.6 Å². The minimum atomic E-state index is -0.237. The second-order valence-electron chi connectivity index (χ2n) is 5.99. The summed E-state index contributed by atoms with van der Waals surface area (Å²) in [6.45, 7) is 0.698. The molecule has 0 aromatic heterocycles. The predicted molar refractivity (Wildman–Crippen MR) is 85.7 cm³/mol. The fourth-order valence-corrected chi connectivity index (χ4v) is 3.65. The third-order valence-electron chi connectivity index (χ3n) is 4.37. The van der Waals surface area contributed by atoms with Crippen LogP contribution in [0.5, 0.6) is 11.5 Å². The number of Topliss-reactive ketones (excluding diaryl/α,β-unsaturated/α-hetero) is 1. The van der Waals surface area contributed by atoms with Gasteiger partial charge in [0.25, 0.3) is 0 Å². The maximum Gasteiger partial charge on any atom is 0.170 e. The first kappa shape index (κ1) is 14.9. The van der Waals surface area contributed by atoms with Gasteiger partial charge >= 0.3 is 0 Å². The van der Waals surface area contributed by atoms with Crippen molar-refractivity contribution in [1.82, 2.24) is 0 Å². The SMILES string of the molecule is O=C1CC2(CCCC2)Oc2cc(OCCCCBr)ccc21. The van der Waals surface area contributed by atoms with Crippen molar-refractivity contribution in [3.63, 3.8) is 0 Å². The lowest BCUT2D eigenvalue weighted by atomic mass is 9.88. The minimum Gasteiger partial charge on any atom is -0.493 e. The molecule has 1 aliphatic heterocycles. The van der Waals surface area contributed by atoms with Crippen molar-refractivity contribution >= 4 is 21.7 Å². The molecule has 1 heterocycles. The van der Waals surface area contributed by atoms with Gasteiger partial charge in [0.15, 0.2) is 5.78 Å². The van der Waals surface area contributed by atoms with Crippen LogP contribution >= 0.6 is 15.9 Å². The molecule has 0 atom stereocenters. The zero-order valence-corrected chi connectivity index (χ0v) is 13.8. The van der Waals surface area contributed by atoms with Crippen LogP contribution in [0.3, 0.4) is 0 Å². The Labute approximate surface area is 134 Å². The molecule has 114 valence electrons. The van der Waals surface area contributed by atoms with E-state index in [2.05, 4.69) is 15.9 Å². The van der Waals surface area contributed by atoms with Gasteiger partial charge < -0.3 is 9.47 Å². The number of ether oxygens (including phenoxy) is 2. The Morgan fingerprint density at radius 3 is 2.81 bits per heavy atom. The van der Waals surface area contributed by atoms with Crippen LogP contribution in [-0.4, -0.2) is 23.3 Å². The summed E-state index contributed by atoms with van der Waals surface area (Å²) in [5.74, 6) is 1.72. The molecule has 0 amide bonds. The van der Waals surface area contributed by atoms with Gasteiger partial charge in [-0.1, -0.05) is 15.9 Å². The average molecular weight is 353 g/mol. The highest BCUT2D eigenvalue weighted by Crippen LogP contribution is 2.43. The highest BCUT2D eigenvalue weighted by Gasteiger charge is 2.42. The van der Waals surface area contributed by atoms with Crippen molar-refractivity contribution in [3.8, 4) is 11.5 Å². The molecule has 0 N–H and O–H groups in total. The summed E-state index contributed by atoms with van der Waals surface area (Å²) < 4.78 is 12.0. The molecular weight excluding hydrogens is 332 g/mol. The van der Waals surface area contributed by atoms with Gasteiger partial charge in [0.1, 0.15) is 17.1 Å². The van der Waals surface area contributed by atoms with Gasteiger partial charge in [0.2, 0.25) is 0 Å². The molecule has 0 radical (unpaired) electrons. The van der Waals surface area contributed by atoms with E-state index in [1.807, 2.05) is 18.2 Å². The number of ketones is 1. The van der Waals surface area contributed by atoms with Crippen LogP contribution in [0.15, 0.2) is 18.2 Å². The molecule has 2 aliphatic rings. The van der Waals surface area contributed by atoms with Crippen LogP contribution < -0.4 is 9.47 Å². The first-order valence-corrected chi connectivity index (χ1v) is 8.90. The average Bonchev–Trinajstić information content (AvgIpc) is 2.91. The van der Waals surface area contributed by atoms with Gasteiger partial charge in [-0.05, 0) is 50.7 Å². The summed E-state index contributed by atoms with van der Waals surface area (Å²) >= 11 is 3.41. The predicted octanol–water partition coefficient (Wildman–Crippen LogP) is 4.52. The third-order valence-corrected chi connectivity index (χ3v) is 4.93. The normalized spacial score (nSPS) is 19.4. The molecule has 1 fully saturated rings. The maximum absolute atomic E-state index is 12.3. The fourth-order valence-electron chi connectivity index (χ4n) is 3.25. The molecule has 3 nitrogen and oxygen atoms in total. The molecule has 0 saturated heterocycles. The number of alkyl halides is 1. The number of rotatable bonds is 5. The second-order valence-corrected chi connectivity index (χ2v) is 6.79. The minimum absolute atomic E-state index is 0.212. The second kappa shape index (κ2) is 6.39. The van der Waals surface area contributed by atoms with Gasteiger partial charge in [-0.3, -0.25) is 4.79 Å². The summed E-state index contributed by atoms with van der Waals surface area (Å²) in [5.41, 5.74) is 0.471. The standard InChI is InChI=1S/C17H21BrO3/c18-9-3-4-10-20-13-5-6-14-15(19)12-17(7-1-2-8-17)21-16(14)11-13/h5-6,11H,1-4,7-10,12H2. The quantitative estimate of drug-likeness (QED) is 0.577. The number of fused-ring (bicyclic) bond motifs is 1. The van der Waals surface area contributed by atoms with E-state index in [0.717, 1.165) is 49.6 Å². The van der Waals surface area contributed by atoms with Gasteiger partial charge in [-0.2, -0.15) is 0 Å². The fraction of sp³-hybridized carbons (Fsp3) is 0.588. The first-order chi connectivity index (χ1) is 10.2. The number of unbranched alkanes of at least 4 members (excludes halogenated alkanes) is 1. The van der Waals surface area contributed by atoms with Crippen LogP contribution in [0.2, 0.25) is 0 Å². The molecule has 0 bridgehead atoms. The Balaban J connectivity index is 1.73. The van der Waals surface area contributed by atoms with Crippen LogP contribution in [-0.2, 0) is 0 Å². The van der Waals surface area contributed by atoms with Crippen LogP contribution in [0.4, 0.5) is 0 Å². The number of carbonyl (C=O) groups excluding carboxylic acids is 1. The summed E-state index contributed by atoms with van der Waals surface area (Å²) in [7, 11) is 0. The Kier molecular flexibility index (Phi) is 4.53. The lowest BCUT2D eigenvalue weighted by Crippen LogP contribution is -2.39. The maximum atomic E-state index is 12.3. The highest BCUT2D eigenvalue weighted by atomic mass is 79.9. The molecule has 4 heteroatoms. The monoisotopic (exact) mass is 352 g/mol. The Bertz CT molecular complexity index is 521. The number of benzene rings is 1. The van der Waals surface area contributed by atoms with Crippen molar-refractivity contribution < 1.29 is 14.3 Å². The molecule has 1 saturated carbocycles. The largest absolute Gasteiger partial charge is 0.493 e. The van der Waals surface area contributed by atoms with Crippen LogP contribution in [0.25, 0.3) is 0 Å². The van der Waals surface area contributed by atoms with E-state index in [9.17, 15) is 4.79 Å². The molecule has 0 unspecified atom stereocenters. The lowest BCUT2D eigenvalue weighted by molar-refractivity contribution is 0.0448. The van der Waals surface area contributed by atoms with E-state index in [-0.39, 0.29) is 11.4 Å². The van der Waals surface area contributed by atoms with E-state index in [1.165, 1.54) is 0 Å². The van der Waals surface area contributed by atoms with E-state index in [1.54, 1.807) is 0 Å². The lowest BCUT2D eigenvalue weighted by Gasteiger charge is -2.34. The first-order valence-electron chi connectivity index (χ1n) is 7.77. The van der Waals surface area contributed by atoms with Gasteiger partial charge in [-0.25, -0.2) is 0 Å². The van der Waals surface area contributed by atoms with Crippen molar-refractivity contribution in [2.24, 2.45) is 0 Å². The molecule has 1 aromatic carbocycles. The summed E-state index contributed by atoms with van der Waals surface area (Å²) in [4.78, 5) is 12.3. The molecule has 1 aromatic rings. The summed E-state index contributed by atoms with van der Waals surface area (Å²) in [6, 6.07) is 5.61. The van der Waals surface area contributed by atoms with Gasteiger partial charge in [-0.15, -0.1) is 0 Å². The molecule has 3 rings (SSSR count). The number of hydrogen-bond acceptors (Lipinski definition) is 3. The summed E-state index contributed by atoms with van der Waals surface area (Å²) in [6.07, 6.45) is 6.96. The molecule has 21 heavy (non-hydrogen) atoms. The number of halogens is 1. The zero-order valence-electron chi connectivity index (χ0n) is 12.2. The van der Waals surface area contributed by atoms with Crippen LogP contribution in [0.1, 0.15) is 55.3 Å². The van der Waals surface area contributed by atoms with Crippen LogP contribution in [0, 0.1) is 0 Å². The molecule has 1 aliphatic carbocycles. The molecule has 1 spiro atoms. The van der Waals surface area contributed by atoms with E-state index in [0.29, 0.717) is 24.3 Å². The Hall–Kier alpha value is -1.03. The van der Waals surface area contributed by atoms with Crippen molar-refractivity contribution in [2.45, 2.75) is 50.5 Å². The Morgan fingerprint density at radius 1 is 1.24 bits per heavy atom. The van der Waals surface area contributed by atoms with E-state index in [4.69, 9.17) is 9.47 Å². The zero-order chi connectivity index (χ0) is 14.7. The number of carbonyl (C=O) groups is 1. The highest BCUT2D eigenvalue weighted by molar-refractivity contribution is 9.09. The Morgan fingerprint density at radius 2 is 2.05 bits per heavy atom. The van der Waals surface area contributed by atoms with Crippen molar-refractivity contribution in [3.05, 3.63) is 23.8 Å². The van der Waals surface area contributed by atoms with E-state index < -0.39 is 0 Å². The van der Waals surface area contributed by atoms with Crippen molar-refractivity contribution in [1.29, 1.82) is 0 Å². The topological polar surface area (TPSA) is 35.5 Å². The smallest absolute Gasteiger partial charge is 0.170 e. The third kappa shape index (κ3) is 3.25. The van der Waals surface area contributed by atoms with Gasteiger partial charge in [0, 0.05) is 11.4 Å².